The molecule has 6 nitrogen and oxygen atoms in total. The SMILES string of the molecule is CCC(O)C(O)C(O)C(O)C(=O)O. The maximum absolute atomic E-state index is 10.2. The van der Waals surface area contributed by atoms with Gasteiger partial charge in [-0.1, -0.05) is 6.92 Å². The van der Waals surface area contributed by atoms with Crippen molar-refractivity contribution in [3.05, 3.63) is 0 Å². The van der Waals surface area contributed by atoms with Crippen molar-refractivity contribution in [2.45, 2.75) is 37.8 Å². The highest BCUT2D eigenvalue weighted by atomic mass is 16.4. The van der Waals surface area contributed by atoms with Gasteiger partial charge in [0.2, 0.25) is 0 Å². The summed E-state index contributed by atoms with van der Waals surface area (Å²) in [5.74, 6) is -1.64. The smallest absolute Gasteiger partial charge is 0.335 e. The van der Waals surface area contributed by atoms with Gasteiger partial charge in [0.05, 0.1) is 6.10 Å². The van der Waals surface area contributed by atoms with Crippen molar-refractivity contribution in [1.82, 2.24) is 0 Å². The average molecular weight is 194 g/mol. The van der Waals surface area contributed by atoms with Crippen molar-refractivity contribution >= 4 is 5.97 Å². The molecule has 4 atom stereocenters. The van der Waals surface area contributed by atoms with E-state index in [1.54, 1.807) is 6.92 Å². The standard InChI is InChI=1S/C7H14O6/c1-2-3(8)4(9)5(10)6(11)7(12)13/h3-6,8-11H,2H2,1H3,(H,12,13). The van der Waals surface area contributed by atoms with Gasteiger partial charge in [-0.05, 0) is 6.42 Å². The number of aliphatic carboxylic acids is 1. The van der Waals surface area contributed by atoms with Crippen molar-refractivity contribution in [3.8, 4) is 0 Å². The molecule has 4 unspecified atom stereocenters. The van der Waals surface area contributed by atoms with E-state index < -0.39 is 30.4 Å². The highest BCUT2D eigenvalue weighted by Gasteiger charge is 2.33. The first-order valence-corrected chi connectivity index (χ1v) is 3.86. The third kappa shape index (κ3) is 3.27. The van der Waals surface area contributed by atoms with E-state index in [0.717, 1.165) is 0 Å². The fraction of sp³-hybridized carbons (Fsp3) is 0.857. The third-order valence-electron chi connectivity index (χ3n) is 1.74. The number of carboxylic acids is 1. The van der Waals surface area contributed by atoms with Crippen LogP contribution in [0.25, 0.3) is 0 Å². The summed E-state index contributed by atoms with van der Waals surface area (Å²) in [5, 5.41) is 44.2. The van der Waals surface area contributed by atoms with Crippen molar-refractivity contribution < 1.29 is 30.3 Å². The summed E-state index contributed by atoms with van der Waals surface area (Å²) in [5.41, 5.74) is 0. The van der Waals surface area contributed by atoms with Crippen LogP contribution < -0.4 is 0 Å². The minimum atomic E-state index is -2.09. The summed E-state index contributed by atoms with van der Waals surface area (Å²) in [6, 6.07) is 0. The lowest BCUT2D eigenvalue weighted by Gasteiger charge is -2.23. The lowest BCUT2D eigenvalue weighted by atomic mass is 10.0. The second-order valence-corrected chi connectivity index (χ2v) is 2.74. The fourth-order valence-electron chi connectivity index (χ4n) is 0.802. The summed E-state index contributed by atoms with van der Waals surface area (Å²) >= 11 is 0. The molecule has 0 saturated heterocycles. The summed E-state index contributed by atoms with van der Waals surface area (Å²) < 4.78 is 0. The first-order valence-electron chi connectivity index (χ1n) is 3.86. The predicted molar refractivity (Wildman–Crippen MR) is 42.0 cm³/mol. The fourth-order valence-corrected chi connectivity index (χ4v) is 0.802. The second kappa shape index (κ2) is 5.13. The second-order valence-electron chi connectivity index (χ2n) is 2.74. The van der Waals surface area contributed by atoms with Gasteiger partial charge in [-0.2, -0.15) is 0 Å². The van der Waals surface area contributed by atoms with Gasteiger partial charge in [-0.25, -0.2) is 4.79 Å². The molecule has 0 aromatic heterocycles. The third-order valence-corrected chi connectivity index (χ3v) is 1.74. The van der Waals surface area contributed by atoms with E-state index in [1.165, 1.54) is 0 Å². The molecule has 13 heavy (non-hydrogen) atoms. The monoisotopic (exact) mass is 194 g/mol. The van der Waals surface area contributed by atoms with Crippen molar-refractivity contribution in [1.29, 1.82) is 0 Å². The van der Waals surface area contributed by atoms with Crippen LogP contribution in [0.15, 0.2) is 0 Å². The topological polar surface area (TPSA) is 118 Å². The predicted octanol–water partition coefficient (Wildman–Crippen LogP) is -2.08. The van der Waals surface area contributed by atoms with Gasteiger partial charge in [0.1, 0.15) is 12.2 Å². The quantitative estimate of drug-likeness (QED) is 0.343. The molecule has 78 valence electrons. The molecule has 0 spiro atoms. The van der Waals surface area contributed by atoms with Crippen LogP contribution in [0.1, 0.15) is 13.3 Å². The number of carbonyl (C=O) groups is 1. The molecule has 0 aromatic carbocycles. The first-order chi connectivity index (χ1) is 5.91. The van der Waals surface area contributed by atoms with Crippen LogP contribution in [0.5, 0.6) is 0 Å². The number of aliphatic hydroxyl groups excluding tert-OH is 4. The summed E-state index contributed by atoms with van der Waals surface area (Å²) in [7, 11) is 0. The number of carboxylic acid groups (broad SMARTS) is 1. The first kappa shape index (κ1) is 12.3. The number of rotatable bonds is 5. The molecule has 0 rings (SSSR count). The van der Waals surface area contributed by atoms with E-state index in [1.807, 2.05) is 0 Å². The largest absolute Gasteiger partial charge is 0.479 e. The summed E-state index contributed by atoms with van der Waals surface area (Å²) in [6.45, 7) is 1.55. The van der Waals surface area contributed by atoms with Crippen LogP contribution in [0, 0.1) is 0 Å². The van der Waals surface area contributed by atoms with Gasteiger partial charge in [0, 0.05) is 0 Å². The Labute approximate surface area is 75.1 Å². The zero-order chi connectivity index (χ0) is 10.6. The number of hydrogen-bond acceptors (Lipinski definition) is 5. The number of aliphatic hydroxyl groups is 4. The van der Waals surface area contributed by atoms with Gasteiger partial charge in [0.15, 0.2) is 6.10 Å². The zero-order valence-electron chi connectivity index (χ0n) is 7.16. The van der Waals surface area contributed by atoms with Crippen LogP contribution >= 0.6 is 0 Å². The maximum Gasteiger partial charge on any atom is 0.335 e. The Morgan fingerprint density at radius 3 is 1.92 bits per heavy atom. The molecule has 6 heteroatoms. The lowest BCUT2D eigenvalue weighted by Crippen LogP contribution is -2.47. The highest BCUT2D eigenvalue weighted by Crippen LogP contribution is 2.07. The van der Waals surface area contributed by atoms with E-state index in [-0.39, 0.29) is 6.42 Å². The normalized spacial score (nSPS) is 20.4. The van der Waals surface area contributed by atoms with Crippen LogP contribution in [0.2, 0.25) is 0 Å². The number of hydrogen-bond donors (Lipinski definition) is 5. The van der Waals surface area contributed by atoms with E-state index in [9.17, 15) is 4.79 Å². The zero-order valence-corrected chi connectivity index (χ0v) is 7.16. The van der Waals surface area contributed by atoms with Crippen molar-refractivity contribution in [3.63, 3.8) is 0 Å². The average Bonchev–Trinajstić information content (AvgIpc) is 2.12. The van der Waals surface area contributed by atoms with E-state index in [4.69, 9.17) is 25.5 Å². The Kier molecular flexibility index (Phi) is 4.86. The van der Waals surface area contributed by atoms with E-state index >= 15 is 0 Å². The maximum atomic E-state index is 10.2. The lowest BCUT2D eigenvalue weighted by molar-refractivity contribution is -0.162. The molecule has 5 N–H and O–H groups in total. The van der Waals surface area contributed by atoms with Crippen LogP contribution in [-0.2, 0) is 4.79 Å². The van der Waals surface area contributed by atoms with Crippen LogP contribution in [0.3, 0.4) is 0 Å². The molecule has 0 aromatic rings. The Bertz CT molecular complexity index is 170. The molecule has 0 amide bonds. The molecular formula is C7H14O6. The van der Waals surface area contributed by atoms with Crippen LogP contribution in [0.4, 0.5) is 0 Å². The van der Waals surface area contributed by atoms with Crippen molar-refractivity contribution in [2.24, 2.45) is 0 Å². The Morgan fingerprint density at radius 2 is 1.62 bits per heavy atom. The molecule has 0 fully saturated rings. The minimum absolute atomic E-state index is 0.157. The molecule has 0 bridgehead atoms. The summed E-state index contributed by atoms with van der Waals surface area (Å²) in [4.78, 5) is 10.2. The molecule has 0 aliphatic carbocycles. The molecule has 0 saturated carbocycles. The van der Waals surface area contributed by atoms with Gasteiger partial charge < -0.3 is 25.5 Å². The molecule has 0 heterocycles. The Hall–Kier alpha value is -0.690. The van der Waals surface area contributed by atoms with E-state index in [0.29, 0.717) is 0 Å². The minimum Gasteiger partial charge on any atom is -0.479 e. The summed E-state index contributed by atoms with van der Waals surface area (Å²) in [6.07, 6.45) is -6.71. The van der Waals surface area contributed by atoms with Crippen LogP contribution in [-0.4, -0.2) is 55.9 Å². The van der Waals surface area contributed by atoms with Gasteiger partial charge >= 0.3 is 5.97 Å². The molecular weight excluding hydrogens is 180 g/mol. The van der Waals surface area contributed by atoms with Gasteiger partial charge in [0.25, 0.3) is 0 Å². The Balaban J connectivity index is 4.24. The van der Waals surface area contributed by atoms with Crippen molar-refractivity contribution in [2.75, 3.05) is 0 Å². The van der Waals surface area contributed by atoms with E-state index in [2.05, 4.69) is 0 Å². The van der Waals surface area contributed by atoms with Gasteiger partial charge in [-0.3, -0.25) is 0 Å². The Morgan fingerprint density at radius 1 is 1.15 bits per heavy atom. The molecule has 0 aliphatic rings. The molecule has 0 aliphatic heterocycles. The van der Waals surface area contributed by atoms with Gasteiger partial charge in [-0.15, -0.1) is 0 Å². The highest BCUT2D eigenvalue weighted by molar-refractivity contribution is 5.72. The molecule has 0 radical (unpaired) electrons.